The molecule has 3 amide bonds. The van der Waals surface area contributed by atoms with Crippen molar-refractivity contribution in [3.8, 4) is 11.4 Å². The molecule has 0 saturated heterocycles. The summed E-state index contributed by atoms with van der Waals surface area (Å²) in [4.78, 5) is 37.7. The fourth-order valence-electron chi connectivity index (χ4n) is 2.79. The van der Waals surface area contributed by atoms with Crippen LogP contribution in [0.1, 0.15) is 43.6 Å². The highest BCUT2D eigenvalue weighted by Crippen LogP contribution is 2.13. The first-order valence-electron chi connectivity index (χ1n) is 10.6. The van der Waals surface area contributed by atoms with E-state index in [0.717, 1.165) is 11.1 Å². The molecule has 0 aliphatic rings. The molecule has 0 spiro atoms. The summed E-state index contributed by atoms with van der Waals surface area (Å²) >= 11 is 0. The number of alkyl carbamates (subject to hydrolysis) is 1. The summed E-state index contributed by atoms with van der Waals surface area (Å²) in [5.74, 6) is -0.570. The number of hydrogen-bond acceptors (Lipinski definition) is 7. The standard InChI is InChI=1S/C23H27N7O4/c1-15(24-22(33)34-23(2,3)4)20(31)26-27-21(32)18-12-10-16(11-13-18)14-30-28-19(25-29-30)17-8-6-5-7-9-17/h5-13,15H,14H2,1-4H3,(H,24,33)(H,26,31)(H,27,32)/t15-/m1/s1. The fraction of sp³-hybridized carbons (Fsp3) is 0.304. The smallest absolute Gasteiger partial charge is 0.408 e. The van der Waals surface area contributed by atoms with Gasteiger partial charge < -0.3 is 10.1 Å². The summed E-state index contributed by atoms with van der Waals surface area (Å²) in [6, 6.07) is 15.4. The highest BCUT2D eigenvalue weighted by molar-refractivity contribution is 5.96. The largest absolute Gasteiger partial charge is 0.444 e. The van der Waals surface area contributed by atoms with Gasteiger partial charge >= 0.3 is 6.09 Å². The van der Waals surface area contributed by atoms with Crippen LogP contribution < -0.4 is 16.2 Å². The molecule has 0 unspecified atom stereocenters. The summed E-state index contributed by atoms with van der Waals surface area (Å²) in [5, 5.41) is 14.9. The van der Waals surface area contributed by atoms with E-state index in [2.05, 4.69) is 31.6 Å². The number of aromatic nitrogens is 4. The van der Waals surface area contributed by atoms with Gasteiger partial charge in [0.25, 0.3) is 11.8 Å². The first kappa shape index (κ1) is 24.4. The van der Waals surface area contributed by atoms with E-state index in [1.54, 1.807) is 45.0 Å². The maximum absolute atomic E-state index is 12.3. The Morgan fingerprint density at radius 1 is 1.00 bits per heavy atom. The van der Waals surface area contributed by atoms with Crippen LogP contribution in [0.2, 0.25) is 0 Å². The quantitative estimate of drug-likeness (QED) is 0.473. The molecule has 0 saturated carbocycles. The highest BCUT2D eigenvalue weighted by atomic mass is 16.6. The third kappa shape index (κ3) is 7.12. The van der Waals surface area contributed by atoms with Gasteiger partial charge in [0.05, 0.1) is 6.54 Å². The topological polar surface area (TPSA) is 140 Å². The molecule has 0 aliphatic carbocycles. The van der Waals surface area contributed by atoms with Gasteiger partial charge in [0.2, 0.25) is 5.82 Å². The molecule has 178 valence electrons. The molecule has 3 rings (SSSR count). The third-order valence-corrected chi connectivity index (χ3v) is 4.45. The van der Waals surface area contributed by atoms with Crippen LogP contribution in [0.4, 0.5) is 4.79 Å². The monoisotopic (exact) mass is 465 g/mol. The van der Waals surface area contributed by atoms with E-state index in [4.69, 9.17) is 4.74 Å². The molecule has 0 radical (unpaired) electrons. The number of nitrogens with zero attached hydrogens (tertiary/aromatic N) is 4. The van der Waals surface area contributed by atoms with Gasteiger partial charge in [0.1, 0.15) is 11.6 Å². The Hall–Kier alpha value is -4.28. The van der Waals surface area contributed by atoms with Crippen LogP contribution in [0, 0.1) is 0 Å². The predicted octanol–water partition coefficient (Wildman–Crippen LogP) is 2.06. The summed E-state index contributed by atoms with van der Waals surface area (Å²) in [5.41, 5.74) is 6.00. The van der Waals surface area contributed by atoms with E-state index in [0.29, 0.717) is 17.9 Å². The molecule has 1 atom stereocenters. The normalized spacial score (nSPS) is 11.9. The van der Waals surface area contributed by atoms with Crippen molar-refractivity contribution in [3.63, 3.8) is 0 Å². The lowest BCUT2D eigenvalue weighted by atomic mass is 10.1. The molecule has 11 heteroatoms. The minimum absolute atomic E-state index is 0.341. The van der Waals surface area contributed by atoms with Gasteiger partial charge in [-0.2, -0.15) is 4.80 Å². The van der Waals surface area contributed by atoms with Crippen LogP contribution in [0.5, 0.6) is 0 Å². The van der Waals surface area contributed by atoms with Crippen molar-refractivity contribution in [3.05, 3.63) is 65.7 Å². The molecule has 0 aliphatic heterocycles. The zero-order chi connectivity index (χ0) is 24.7. The molecule has 0 bridgehead atoms. The van der Waals surface area contributed by atoms with Crippen molar-refractivity contribution in [1.29, 1.82) is 0 Å². The molecule has 34 heavy (non-hydrogen) atoms. The molecule has 3 N–H and O–H groups in total. The zero-order valence-electron chi connectivity index (χ0n) is 19.4. The van der Waals surface area contributed by atoms with Crippen molar-refractivity contribution >= 4 is 17.9 Å². The van der Waals surface area contributed by atoms with E-state index in [1.165, 1.54) is 11.7 Å². The summed E-state index contributed by atoms with van der Waals surface area (Å²) in [6.45, 7) is 7.00. The van der Waals surface area contributed by atoms with Crippen LogP contribution in [-0.4, -0.2) is 49.8 Å². The summed E-state index contributed by atoms with van der Waals surface area (Å²) in [6.07, 6.45) is -0.727. The molecule has 11 nitrogen and oxygen atoms in total. The lowest BCUT2D eigenvalue weighted by Gasteiger charge is -2.21. The molecule has 1 aromatic heterocycles. The number of hydrazine groups is 1. The van der Waals surface area contributed by atoms with Gasteiger partial charge in [-0.15, -0.1) is 10.2 Å². The van der Waals surface area contributed by atoms with Gasteiger partial charge in [-0.3, -0.25) is 20.4 Å². The zero-order valence-corrected chi connectivity index (χ0v) is 19.4. The van der Waals surface area contributed by atoms with E-state index in [9.17, 15) is 14.4 Å². The van der Waals surface area contributed by atoms with Crippen molar-refractivity contribution in [2.24, 2.45) is 0 Å². The van der Waals surface area contributed by atoms with Gasteiger partial charge in [-0.1, -0.05) is 42.5 Å². The van der Waals surface area contributed by atoms with E-state index < -0.39 is 29.6 Å². The summed E-state index contributed by atoms with van der Waals surface area (Å²) in [7, 11) is 0. The molecule has 2 aromatic carbocycles. The molecule has 1 heterocycles. The van der Waals surface area contributed by atoms with Crippen molar-refractivity contribution in [1.82, 2.24) is 36.4 Å². The number of benzene rings is 2. The second-order valence-corrected chi connectivity index (χ2v) is 8.52. The number of tetrazole rings is 1. The first-order valence-corrected chi connectivity index (χ1v) is 10.6. The number of nitrogens with one attached hydrogen (secondary N) is 3. The Kier molecular flexibility index (Phi) is 7.57. The van der Waals surface area contributed by atoms with Crippen LogP contribution >= 0.6 is 0 Å². The van der Waals surface area contributed by atoms with E-state index in [-0.39, 0.29) is 0 Å². The Morgan fingerprint density at radius 3 is 2.32 bits per heavy atom. The maximum Gasteiger partial charge on any atom is 0.408 e. The molecular weight excluding hydrogens is 438 g/mol. The summed E-state index contributed by atoms with van der Waals surface area (Å²) < 4.78 is 5.10. The second kappa shape index (κ2) is 10.6. The Labute approximate surface area is 196 Å². The van der Waals surface area contributed by atoms with Gasteiger partial charge in [-0.05, 0) is 50.6 Å². The van der Waals surface area contributed by atoms with E-state index >= 15 is 0 Å². The van der Waals surface area contributed by atoms with Gasteiger partial charge in [-0.25, -0.2) is 4.79 Å². The number of rotatable bonds is 6. The Bertz CT molecular complexity index is 1140. The lowest BCUT2D eigenvalue weighted by molar-refractivity contribution is -0.123. The van der Waals surface area contributed by atoms with Crippen molar-refractivity contribution in [2.75, 3.05) is 0 Å². The number of ether oxygens (including phenoxy) is 1. The van der Waals surface area contributed by atoms with Crippen LogP contribution in [-0.2, 0) is 16.1 Å². The third-order valence-electron chi connectivity index (χ3n) is 4.45. The fourth-order valence-corrected chi connectivity index (χ4v) is 2.79. The second-order valence-electron chi connectivity index (χ2n) is 8.52. The minimum atomic E-state index is -0.909. The SMILES string of the molecule is C[C@@H](NC(=O)OC(C)(C)C)C(=O)NNC(=O)c1ccc(Cn2nnc(-c3ccccc3)n2)cc1. The molecular formula is C23H27N7O4. The number of carbonyl (C=O) groups is 3. The Balaban J connectivity index is 1.49. The van der Waals surface area contributed by atoms with Gasteiger partial charge in [0.15, 0.2) is 0 Å². The number of amides is 3. The van der Waals surface area contributed by atoms with Crippen LogP contribution in [0.3, 0.4) is 0 Å². The lowest BCUT2D eigenvalue weighted by Crippen LogP contribution is -2.51. The first-order chi connectivity index (χ1) is 16.1. The number of hydrogen-bond donors (Lipinski definition) is 3. The van der Waals surface area contributed by atoms with Crippen molar-refractivity contribution in [2.45, 2.75) is 45.9 Å². The van der Waals surface area contributed by atoms with E-state index in [1.807, 2.05) is 30.3 Å². The van der Waals surface area contributed by atoms with Crippen molar-refractivity contribution < 1.29 is 19.1 Å². The predicted molar refractivity (Wildman–Crippen MR) is 123 cm³/mol. The average molecular weight is 466 g/mol. The van der Waals surface area contributed by atoms with Crippen LogP contribution in [0.15, 0.2) is 54.6 Å². The minimum Gasteiger partial charge on any atom is -0.444 e. The Morgan fingerprint density at radius 2 is 1.68 bits per heavy atom. The van der Waals surface area contributed by atoms with Gasteiger partial charge in [0, 0.05) is 11.1 Å². The average Bonchev–Trinajstić information content (AvgIpc) is 3.25. The van der Waals surface area contributed by atoms with Crippen LogP contribution in [0.25, 0.3) is 11.4 Å². The maximum atomic E-state index is 12.3. The molecule has 3 aromatic rings. The number of carbonyl (C=O) groups excluding carboxylic acids is 3. The highest BCUT2D eigenvalue weighted by Gasteiger charge is 2.21. The molecule has 0 fully saturated rings.